The highest BCUT2D eigenvalue weighted by molar-refractivity contribution is 5.93. The first-order valence-electron chi connectivity index (χ1n) is 12.3. The van der Waals surface area contributed by atoms with Gasteiger partial charge in [-0.2, -0.15) is 5.10 Å². The third-order valence-corrected chi connectivity index (χ3v) is 7.10. The largest absolute Gasteiger partial charge is 0.335 e. The Balaban J connectivity index is 1.32. The van der Waals surface area contributed by atoms with Gasteiger partial charge in [-0.05, 0) is 48.2 Å². The zero-order chi connectivity index (χ0) is 24.4. The van der Waals surface area contributed by atoms with Crippen molar-refractivity contribution in [3.05, 3.63) is 113 Å². The Hall–Kier alpha value is -3.70. The number of hydrogen-bond donors (Lipinski definition) is 0. The predicted octanol–water partition coefficient (Wildman–Crippen LogP) is 5.25. The summed E-state index contributed by atoms with van der Waals surface area (Å²) < 4.78 is 1.72. The highest BCUT2D eigenvalue weighted by Crippen LogP contribution is 2.30. The van der Waals surface area contributed by atoms with Crippen molar-refractivity contribution in [3.63, 3.8) is 0 Å². The highest BCUT2D eigenvalue weighted by Gasteiger charge is 2.29. The van der Waals surface area contributed by atoms with Gasteiger partial charge in [0.1, 0.15) is 5.69 Å². The van der Waals surface area contributed by atoms with Gasteiger partial charge in [0.05, 0.1) is 11.7 Å². The zero-order valence-corrected chi connectivity index (χ0v) is 20.7. The Labute approximate surface area is 207 Å². The molecule has 0 spiro atoms. The molecule has 1 aliphatic heterocycles. The van der Waals surface area contributed by atoms with Gasteiger partial charge in [0, 0.05) is 38.8 Å². The fourth-order valence-corrected chi connectivity index (χ4v) is 4.94. The van der Waals surface area contributed by atoms with Crippen molar-refractivity contribution in [1.82, 2.24) is 19.6 Å². The molecule has 0 bridgehead atoms. The van der Waals surface area contributed by atoms with Crippen molar-refractivity contribution in [1.29, 1.82) is 0 Å². The van der Waals surface area contributed by atoms with E-state index in [4.69, 9.17) is 0 Å². The van der Waals surface area contributed by atoms with Gasteiger partial charge < -0.3 is 4.90 Å². The minimum atomic E-state index is 0.0469. The Morgan fingerprint density at radius 1 is 0.771 bits per heavy atom. The monoisotopic (exact) mass is 464 g/mol. The van der Waals surface area contributed by atoms with E-state index < -0.39 is 0 Å². The van der Waals surface area contributed by atoms with E-state index in [1.807, 2.05) is 18.0 Å². The lowest BCUT2D eigenvalue weighted by Gasteiger charge is -2.39. The summed E-state index contributed by atoms with van der Waals surface area (Å²) in [6.07, 6.45) is 0. The molecule has 4 aromatic rings. The van der Waals surface area contributed by atoms with E-state index in [-0.39, 0.29) is 11.9 Å². The van der Waals surface area contributed by atoms with Gasteiger partial charge in [-0.25, -0.2) is 0 Å². The Morgan fingerprint density at radius 2 is 1.37 bits per heavy atom. The van der Waals surface area contributed by atoms with Crippen LogP contribution in [0.2, 0.25) is 0 Å². The van der Waals surface area contributed by atoms with E-state index in [1.165, 1.54) is 22.3 Å². The lowest BCUT2D eigenvalue weighted by molar-refractivity contribution is 0.0587. The normalized spacial score (nSPS) is 14.5. The summed E-state index contributed by atoms with van der Waals surface area (Å²) in [5, 5.41) is 4.65. The van der Waals surface area contributed by atoms with Crippen LogP contribution in [0.15, 0.2) is 84.9 Å². The summed E-state index contributed by atoms with van der Waals surface area (Å²) in [4.78, 5) is 17.9. The molecular weight excluding hydrogens is 432 g/mol. The molecule has 1 aliphatic rings. The third kappa shape index (κ3) is 4.77. The summed E-state index contributed by atoms with van der Waals surface area (Å²) in [5.74, 6) is 0.0469. The van der Waals surface area contributed by atoms with Gasteiger partial charge in [0.2, 0.25) is 0 Å². The second-order valence-electron chi connectivity index (χ2n) is 9.39. The smallest absolute Gasteiger partial charge is 0.272 e. The van der Waals surface area contributed by atoms with Crippen LogP contribution in [0, 0.1) is 13.8 Å². The van der Waals surface area contributed by atoms with E-state index in [0.717, 1.165) is 24.3 Å². The van der Waals surface area contributed by atoms with E-state index in [9.17, 15) is 4.79 Å². The van der Waals surface area contributed by atoms with E-state index in [2.05, 4.69) is 103 Å². The number of hydrogen-bond acceptors (Lipinski definition) is 3. The number of nitrogens with zero attached hydrogens (tertiary/aromatic N) is 4. The number of carbonyl (C=O) groups excluding carboxylic acids is 1. The quantitative estimate of drug-likeness (QED) is 0.405. The second-order valence-corrected chi connectivity index (χ2v) is 9.39. The van der Waals surface area contributed by atoms with Crippen molar-refractivity contribution in [3.8, 4) is 11.3 Å². The molecular formula is C30H32N4O. The minimum absolute atomic E-state index is 0.0469. The Kier molecular flexibility index (Phi) is 6.51. The van der Waals surface area contributed by atoms with Crippen LogP contribution in [-0.2, 0) is 7.05 Å². The van der Waals surface area contributed by atoms with Crippen LogP contribution in [0.25, 0.3) is 11.3 Å². The minimum Gasteiger partial charge on any atom is -0.335 e. The number of rotatable bonds is 5. The molecule has 35 heavy (non-hydrogen) atoms. The SMILES string of the molecule is Cc1ccc(-c2cc(C(=O)N3CCN(C(c4ccccc4)c4ccccc4)CC3)n(C)n2)cc1C. The summed E-state index contributed by atoms with van der Waals surface area (Å²) >= 11 is 0. The van der Waals surface area contributed by atoms with Crippen LogP contribution in [0.1, 0.15) is 38.8 Å². The molecule has 0 N–H and O–H groups in total. The lowest BCUT2D eigenvalue weighted by atomic mass is 9.96. The molecule has 1 fully saturated rings. The average molecular weight is 465 g/mol. The number of carbonyl (C=O) groups is 1. The van der Waals surface area contributed by atoms with Crippen LogP contribution in [0.4, 0.5) is 0 Å². The van der Waals surface area contributed by atoms with Gasteiger partial charge in [0.25, 0.3) is 5.91 Å². The van der Waals surface area contributed by atoms with Crippen LogP contribution in [0.5, 0.6) is 0 Å². The number of benzene rings is 3. The average Bonchev–Trinajstić information content (AvgIpc) is 3.28. The first kappa shape index (κ1) is 23.1. The molecule has 178 valence electrons. The first-order chi connectivity index (χ1) is 17.0. The fourth-order valence-electron chi connectivity index (χ4n) is 4.94. The van der Waals surface area contributed by atoms with Gasteiger partial charge in [0.15, 0.2) is 0 Å². The number of amides is 1. The molecule has 5 rings (SSSR count). The maximum absolute atomic E-state index is 13.4. The second kappa shape index (κ2) is 9.88. The molecule has 1 aromatic heterocycles. The predicted molar refractivity (Wildman–Crippen MR) is 140 cm³/mol. The highest BCUT2D eigenvalue weighted by atomic mass is 16.2. The van der Waals surface area contributed by atoms with Crippen molar-refractivity contribution in [2.45, 2.75) is 19.9 Å². The molecule has 5 nitrogen and oxygen atoms in total. The van der Waals surface area contributed by atoms with Crippen LogP contribution < -0.4 is 0 Å². The Morgan fingerprint density at radius 3 is 1.94 bits per heavy atom. The molecule has 0 saturated carbocycles. The summed E-state index contributed by atoms with van der Waals surface area (Å²) in [7, 11) is 1.86. The van der Waals surface area contributed by atoms with Gasteiger partial charge in [-0.1, -0.05) is 72.8 Å². The lowest BCUT2D eigenvalue weighted by Crippen LogP contribution is -2.50. The zero-order valence-electron chi connectivity index (χ0n) is 20.7. The molecule has 0 atom stereocenters. The standard InChI is InChI=1S/C30H32N4O/c1-22-14-15-26(20-23(22)2)27-21-28(32(3)31-27)30(35)34-18-16-33(17-19-34)29(24-10-6-4-7-11-24)25-12-8-5-9-13-25/h4-15,20-21,29H,16-19H2,1-3H3. The molecule has 5 heteroatoms. The number of aromatic nitrogens is 2. The first-order valence-corrected chi connectivity index (χ1v) is 12.3. The van der Waals surface area contributed by atoms with Crippen molar-refractivity contribution in [2.75, 3.05) is 26.2 Å². The third-order valence-electron chi connectivity index (χ3n) is 7.10. The summed E-state index contributed by atoms with van der Waals surface area (Å²) in [6.45, 7) is 7.24. The van der Waals surface area contributed by atoms with E-state index >= 15 is 0 Å². The van der Waals surface area contributed by atoms with Crippen molar-refractivity contribution < 1.29 is 4.79 Å². The molecule has 1 amide bonds. The van der Waals surface area contributed by atoms with Gasteiger partial charge >= 0.3 is 0 Å². The molecule has 0 radical (unpaired) electrons. The van der Waals surface area contributed by atoms with Crippen molar-refractivity contribution in [2.24, 2.45) is 7.05 Å². The summed E-state index contributed by atoms with van der Waals surface area (Å²) in [5.41, 5.74) is 7.55. The maximum Gasteiger partial charge on any atom is 0.272 e. The van der Waals surface area contributed by atoms with Gasteiger partial charge in [-0.15, -0.1) is 0 Å². The maximum atomic E-state index is 13.4. The molecule has 1 saturated heterocycles. The van der Waals surface area contributed by atoms with E-state index in [0.29, 0.717) is 18.8 Å². The molecule has 0 unspecified atom stereocenters. The topological polar surface area (TPSA) is 41.4 Å². The molecule has 3 aromatic carbocycles. The molecule has 0 aliphatic carbocycles. The van der Waals surface area contributed by atoms with Gasteiger partial charge in [-0.3, -0.25) is 14.4 Å². The fraction of sp³-hybridized carbons (Fsp3) is 0.267. The number of aryl methyl sites for hydroxylation is 3. The molecule has 2 heterocycles. The van der Waals surface area contributed by atoms with Crippen molar-refractivity contribution >= 4 is 5.91 Å². The van der Waals surface area contributed by atoms with Crippen LogP contribution in [-0.4, -0.2) is 51.7 Å². The van der Waals surface area contributed by atoms with Crippen LogP contribution in [0.3, 0.4) is 0 Å². The van der Waals surface area contributed by atoms with Crippen LogP contribution >= 0.6 is 0 Å². The van der Waals surface area contributed by atoms with E-state index in [1.54, 1.807) is 4.68 Å². The Bertz CT molecular complexity index is 1270. The summed E-state index contributed by atoms with van der Waals surface area (Å²) in [6, 6.07) is 29.7. The number of piperazine rings is 1.